The monoisotopic (exact) mass is 281 g/mol. The third-order valence-corrected chi connectivity index (χ3v) is 4.23. The van der Waals surface area contributed by atoms with Crippen molar-refractivity contribution in [2.45, 2.75) is 52.5 Å². The summed E-state index contributed by atoms with van der Waals surface area (Å²) >= 11 is 0. The average Bonchev–Trinajstić information content (AvgIpc) is 2.51. The van der Waals surface area contributed by atoms with Crippen molar-refractivity contribution in [1.82, 2.24) is 0 Å². The second kappa shape index (κ2) is 7.87. The Morgan fingerprint density at radius 3 is 2.38 bits per heavy atom. The maximum atomic E-state index is 3.76. The third-order valence-electron chi connectivity index (χ3n) is 4.23. The molecule has 0 aromatic heterocycles. The molecule has 0 radical (unpaired) electrons. The number of hydrogen-bond acceptors (Lipinski definition) is 1. The van der Waals surface area contributed by atoms with Crippen LogP contribution in [0.3, 0.4) is 0 Å². The highest BCUT2D eigenvalue weighted by Crippen LogP contribution is 2.27. The van der Waals surface area contributed by atoms with Crippen LogP contribution in [0.2, 0.25) is 0 Å². The molecular weight excluding hydrogens is 254 g/mol. The van der Waals surface area contributed by atoms with Crippen LogP contribution in [0.5, 0.6) is 0 Å². The van der Waals surface area contributed by atoms with Crippen LogP contribution in [0.1, 0.15) is 55.3 Å². The van der Waals surface area contributed by atoms with Gasteiger partial charge in [-0.25, -0.2) is 0 Å². The molecule has 0 aliphatic heterocycles. The number of benzene rings is 2. The molecule has 0 heterocycles. The molecule has 2 rings (SSSR count). The predicted octanol–water partition coefficient (Wildman–Crippen LogP) is 6.04. The lowest BCUT2D eigenvalue weighted by Gasteiger charge is -2.22. The minimum absolute atomic E-state index is 0.401. The van der Waals surface area contributed by atoms with Gasteiger partial charge >= 0.3 is 0 Å². The Morgan fingerprint density at radius 2 is 1.67 bits per heavy atom. The summed E-state index contributed by atoms with van der Waals surface area (Å²) in [4.78, 5) is 0. The summed E-state index contributed by atoms with van der Waals surface area (Å²) in [5.74, 6) is 0. The van der Waals surface area contributed by atoms with Crippen molar-refractivity contribution in [1.29, 1.82) is 0 Å². The fourth-order valence-electron chi connectivity index (χ4n) is 2.70. The summed E-state index contributed by atoms with van der Waals surface area (Å²) in [5.41, 5.74) is 5.35. The van der Waals surface area contributed by atoms with E-state index >= 15 is 0 Å². The van der Waals surface area contributed by atoms with Crippen molar-refractivity contribution in [3.63, 3.8) is 0 Å². The summed E-state index contributed by atoms with van der Waals surface area (Å²) in [6.07, 6.45) is 5.03. The Kier molecular flexibility index (Phi) is 5.86. The summed E-state index contributed by atoms with van der Waals surface area (Å²) in [5, 5.41) is 3.76. The number of nitrogens with one attached hydrogen (secondary N) is 1. The fraction of sp³-hybridized carbons (Fsp3) is 0.400. The molecule has 0 saturated carbocycles. The zero-order valence-electron chi connectivity index (χ0n) is 13.5. The fourth-order valence-corrected chi connectivity index (χ4v) is 2.70. The highest BCUT2D eigenvalue weighted by molar-refractivity contribution is 5.55. The molecule has 1 atom stereocenters. The summed E-state index contributed by atoms with van der Waals surface area (Å²) in [6, 6.07) is 17.7. The van der Waals surface area contributed by atoms with E-state index in [0.717, 1.165) is 0 Å². The van der Waals surface area contributed by atoms with E-state index in [0.29, 0.717) is 6.04 Å². The molecule has 0 fully saturated rings. The van der Waals surface area contributed by atoms with Crippen LogP contribution in [-0.4, -0.2) is 0 Å². The van der Waals surface area contributed by atoms with Gasteiger partial charge in [0.2, 0.25) is 0 Å². The number of hydrogen-bond donors (Lipinski definition) is 1. The van der Waals surface area contributed by atoms with Crippen LogP contribution in [-0.2, 0) is 0 Å². The maximum Gasteiger partial charge on any atom is 0.0513 e. The summed E-state index contributed by atoms with van der Waals surface area (Å²) in [6.45, 7) is 6.64. The molecule has 2 aromatic rings. The van der Waals surface area contributed by atoms with Crippen molar-refractivity contribution in [2.75, 3.05) is 5.32 Å². The maximum absolute atomic E-state index is 3.76. The van der Waals surface area contributed by atoms with Gasteiger partial charge in [0.05, 0.1) is 6.04 Å². The SMILES string of the molecule is CCCCCC(Nc1cccc(C)c1C)c1ccccc1. The average molecular weight is 281 g/mol. The molecule has 1 N–H and O–H groups in total. The Bertz CT molecular complexity index is 545. The molecule has 112 valence electrons. The van der Waals surface area contributed by atoms with E-state index in [2.05, 4.69) is 74.6 Å². The molecule has 2 aromatic carbocycles. The van der Waals surface area contributed by atoms with Gasteiger partial charge in [-0.2, -0.15) is 0 Å². The van der Waals surface area contributed by atoms with Crippen molar-refractivity contribution in [3.05, 3.63) is 65.2 Å². The van der Waals surface area contributed by atoms with Crippen LogP contribution in [0, 0.1) is 13.8 Å². The molecule has 0 bridgehead atoms. The predicted molar refractivity (Wildman–Crippen MR) is 92.9 cm³/mol. The van der Waals surface area contributed by atoms with E-state index in [1.54, 1.807) is 0 Å². The number of unbranched alkanes of at least 4 members (excludes halogenated alkanes) is 2. The van der Waals surface area contributed by atoms with Gasteiger partial charge in [-0.3, -0.25) is 0 Å². The lowest BCUT2D eigenvalue weighted by atomic mass is 9.99. The molecule has 21 heavy (non-hydrogen) atoms. The van der Waals surface area contributed by atoms with Crippen molar-refractivity contribution in [2.24, 2.45) is 0 Å². The molecule has 0 aliphatic carbocycles. The van der Waals surface area contributed by atoms with Gasteiger partial charge in [0.15, 0.2) is 0 Å². The first-order chi connectivity index (χ1) is 10.2. The molecule has 0 saturated heterocycles. The molecule has 1 heteroatoms. The van der Waals surface area contributed by atoms with Crippen LogP contribution in [0.25, 0.3) is 0 Å². The highest BCUT2D eigenvalue weighted by Gasteiger charge is 2.12. The lowest BCUT2D eigenvalue weighted by Crippen LogP contribution is -2.12. The quantitative estimate of drug-likeness (QED) is 0.610. The van der Waals surface area contributed by atoms with Gasteiger partial charge in [-0.05, 0) is 43.0 Å². The van der Waals surface area contributed by atoms with Crippen molar-refractivity contribution < 1.29 is 0 Å². The zero-order chi connectivity index (χ0) is 15.1. The second-order valence-corrected chi connectivity index (χ2v) is 5.85. The van der Waals surface area contributed by atoms with E-state index in [-0.39, 0.29) is 0 Å². The molecule has 0 spiro atoms. The van der Waals surface area contributed by atoms with E-state index in [1.807, 2.05) is 0 Å². The standard InChI is InChI=1S/C20H27N/c1-4-5-7-14-20(18-12-8-6-9-13-18)21-19-15-10-11-16(2)17(19)3/h6,8-13,15,20-21H,4-5,7,14H2,1-3H3. The van der Waals surface area contributed by atoms with Gasteiger partial charge < -0.3 is 5.32 Å². The summed E-state index contributed by atoms with van der Waals surface area (Å²) in [7, 11) is 0. The Labute approximate surface area is 129 Å². The topological polar surface area (TPSA) is 12.0 Å². The summed E-state index contributed by atoms with van der Waals surface area (Å²) < 4.78 is 0. The minimum atomic E-state index is 0.401. The van der Waals surface area contributed by atoms with E-state index < -0.39 is 0 Å². The molecule has 1 unspecified atom stereocenters. The van der Waals surface area contributed by atoms with Gasteiger partial charge in [0.25, 0.3) is 0 Å². The van der Waals surface area contributed by atoms with Gasteiger partial charge in [-0.15, -0.1) is 0 Å². The molecule has 0 aliphatic rings. The van der Waals surface area contributed by atoms with Crippen LogP contribution in [0.15, 0.2) is 48.5 Å². The second-order valence-electron chi connectivity index (χ2n) is 5.85. The van der Waals surface area contributed by atoms with Crippen LogP contribution < -0.4 is 5.32 Å². The van der Waals surface area contributed by atoms with Crippen molar-refractivity contribution in [3.8, 4) is 0 Å². The van der Waals surface area contributed by atoms with Gasteiger partial charge in [0.1, 0.15) is 0 Å². The number of rotatable bonds is 7. The van der Waals surface area contributed by atoms with Crippen LogP contribution in [0.4, 0.5) is 5.69 Å². The minimum Gasteiger partial charge on any atom is -0.378 e. The number of aryl methyl sites for hydroxylation is 1. The third kappa shape index (κ3) is 4.35. The molecule has 0 amide bonds. The van der Waals surface area contributed by atoms with Crippen molar-refractivity contribution >= 4 is 5.69 Å². The number of anilines is 1. The molecule has 1 nitrogen and oxygen atoms in total. The van der Waals surface area contributed by atoms with Gasteiger partial charge in [-0.1, -0.05) is 68.7 Å². The lowest BCUT2D eigenvalue weighted by molar-refractivity contribution is 0.606. The van der Waals surface area contributed by atoms with Gasteiger partial charge in [0, 0.05) is 5.69 Å². The Morgan fingerprint density at radius 1 is 0.905 bits per heavy atom. The zero-order valence-corrected chi connectivity index (χ0v) is 13.5. The molecular formula is C20H27N. The first kappa shape index (κ1) is 15.6. The van der Waals surface area contributed by atoms with E-state index in [9.17, 15) is 0 Å². The Hall–Kier alpha value is -1.76. The normalized spacial score (nSPS) is 12.1. The largest absolute Gasteiger partial charge is 0.378 e. The van der Waals surface area contributed by atoms with E-state index in [1.165, 1.54) is 48.1 Å². The first-order valence-corrected chi connectivity index (χ1v) is 8.10. The Balaban J connectivity index is 2.17. The smallest absolute Gasteiger partial charge is 0.0513 e. The first-order valence-electron chi connectivity index (χ1n) is 8.10. The highest BCUT2D eigenvalue weighted by atomic mass is 14.9. The van der Waals surface area contributed by atoms with Crippen LogP contribution >= 0.6 is 0 Å². The van der Waals surface area contributed by atoms with E-state index in [4.69, 9.17) is 0 Å².